The van der Waals surface area contributed by atoms with E-state index >= 15 is 0 Å². The van der Waals surface area contributed by atoms with E-state index in [0.29, 0.717) is 29.9 Å². The number of nitrogens with one attached hydrogen (secondary N) is 1. The Balaban J connectivity index is 1.17. The summed E-state index contributed by atoms with van der Waals surface area (Å²) in [6, 6.07) is 9.87. The van der Waals surface area contributed by atoms with E-state index in [-0.39, 0.29) is 23.2 Å². The van der Waals surface area contributed by atoms with Crippen molar-refractivity contribution in [2.45, 2.75) is 43.0 Å². The zero-order valence-electron chi connectivity index (χ0n) is 24.9. The summed E-state index contributed by atoms with van der Waals surface area (Å²) in [6.45, 7) is 2.06. The molecule has 0 unspecified atom stereocenters. The molecule has 1 N–H and O–H groups in total. The van der Waals surface area contributed by atoms with Crippen LogP contribution in [0, 0.1) is 0 Å². The molecule has 11 nitrogen and oxygen atoms in total. The topological polar surface area (TPSA) is 109 Å². The van der Waals surface area contributed by atoms with Gasteiger partial charge >= 0.3 is 12.3 Å². The fraction of sp³-hybridized carbons (Fsp3) is 0.419. The molecule has 0 atom stereocenters. The lowest BCUT2D eigenvalue weighted by Gasteiger charge is -2.35. The molecule has 1 saturated carbocycles. The number of likely N-dealkylation sites (tertiary alicyclic amines) is 1. The minimum Gasteiger partial charge on any atom is -0.494 e. The van der Waals surface area contributed by atoms with Gasteiger partial charge in [0.2, 0.25) is 11.8 Å². The summed E-state index contributed by atoms with van der Waals surface area (Å²) in [5, 5.41) is 2.90. The van der Waals surface area contributed by atoms with Crippen LogP contribution < -0.4 is 19.7 Å². The molecule has 2 saturated heterocycles. The van der Waals surface area contributed by atoms with Gasteiger partial charge in [-0.25, -0.2) is 9.78 Å². The number of amides is 2. The van der Waals surface area contributed by atoms with Gasteiger partial charge in [-0.2, -0.15) is 18.2 Å². The van der Waals surface area contributed by atoms with Gasteiger partial charge in [0.15, 0.2) is 0 Å². The van der Waals surface area contributed by atoms with E-state index in [2.05, 4.69) is 20.2 Å². The van der Waals surface area contributed by atoms with Gasteiger partial charge in [0.05, 0.1) is 36.1 Å². The smallest absolute Gasteiger partial charge is 0.423 e. The first kappa shape index (κ1) is 29.1. The maximum absolute atomic E-state index is 14.0. The number of aromatic nitrogens is 2. The van der Waals surface area contributed by atoms with Gasteiger partial charge in [0.1, 0.15) is 22.7 Å². The molecule has 4 heterocycles. The Bertz CT molecular complexity index is 1700. The van der Waals surface area contributed by atoms with Crippen molar-refractivity contribution in [3.05, 3.63) is 59.3 Å². The first-order valence-electron chi connectivity index (χ1n) is 14.6. The SMILES string of the molecule is COc1cc(N2CC3(CCN(C)CC3)OC2=O)ccc1Nc1ncc(C(F)(F)F)c(Oc2cccc3c2C(=O)N(C)C32CC2)n1. The predicted octanol–water partition coefficient (Wildman–Crippen LogP) is 5.54. The second-order valence-electron chi connectivity index (χ2n) is 12.0. The Kier molecular flexibility index (Phi) is 6.62. The van der Waals surface area contributed by atoms with Crippen LogP contribution in [0.4, 0.5) is 35.3 Å². The summed E-state index contributed by atoms with van der Waals surface area (Å²) in [5.41, 5.74) is -0.294. The average molecular weight is 625 g/mol. The number of alkyl halides is 3. The monoisotopic (exact) mass is 624 g/mol. The normalized spacial score (nSPS) is 20.0. The number of halogens is 3. The molecule has 1 aromatic heterocycles. The molecule has 0 radical (unpaired) electrons. The van der Waals surface area contributed by atoms with Crippen molar-refractivity contribution in [3.63, 3.8) is 0 Å². The number of hydrogen-bond donors (Lipinski definition) is 1. The van der Waals surface area contributed by atoms with Crippen molar-refractivity contribution >= 4 is 29.3 Å². The van der Waals surface area contributed by atoms with Gasteiger partial charge in [-0.05, 0) is 43.7 Å². The summed E-state index contributed by atoms with van der Waals surface area (Å²) in [6.07, 6.45) is -1.62. The summed E-state index contributed by atoms with van der Waals surface area (Å²) in [5.74, 6) is -0.957. The van der Waals surface area contributed by atoms with E-state index < -0.39 is 34.9 Å². The van der Waals surface area contributed by atoms with Gasteiger partial charge in [-0.3, -0.25) is 9.69 Å². The number of ether oxygens (including phenoxy) is 3. The number of carbonyl (C=O) groups is 2. The van der Waals surface area contributed by atoms with Gasteiger partial charge in [0, 0.05) is 45.2 Å². The van der Waals surface area contributed by atoms with Crippen LogP contribution in [0.5, 0.6) is 17.4 Å². The van der Waals surface area contributed by atoms with Crippen LogP contribution in [0.25, 0.3) is 0 Å². The lowest BCUT2D eigenvalue weighted by molar-refractivity contribution is -0.139. The molecule has 3 aliphatic heterocycles. The maximum Gasteiger partial charge on any atom is 0.423 e. The number of methoxy groups -OCH3 is 1. The average Bonchev–Trinajstić information content (AvgIpc) is 3.71. The summed E-state index contributed by atoms with van der Waals surface area (Å²) < 4.78 is 59.2. The molecule has 2 aromatic carbocycles. The number of hydrogen-bond acceptors (Lipinski definition) is 9. The van der Waals surface area contributed by atoms with Crippen molar-refractivity contribution in [1.29, 1.82) is 0 Å². The number of piperidine rings is 1. The zero-order chi connectivity index (χ0) is 31.7. The molecular weight excluding hydrogens is 593 g/mol. The molecule has 45 heavy (non-hydrogen) atoms. The minimum atomic E-state index is -4.82. The Morgan fingerprint density at radius 1 is 1.02 bits per heavy atom. The fourth-order valence-electron chi connectivity index (χ4n) is 6.47. The van der Waals surface area contributed by atoms with Crippen LogP contribution in [-0.2, 0) is 16.5 Å². The highest BCUT2D eigenvalue weighted by molar-refractivity contribution is 6.03. The van der Waals surface area contributed by atoms with Crippen molar-refractivity contribution in [1.82, 2.24) is 19.8 Å². The Morgan fingerprint density at radius 3 is 2.47 bits per heavy atom. The number of anilines is 3. The van der Waals surface area contributed by atoms with Crippen molar-refractivity contribution < 1.29 is 37.0 Å². The van der Waals surface area contributed by atoms with Gasteiger partial charge < -0.3 is 29.3 Å². The molecule has 7 rings (SSSR count). The van der Waals surface area contributed by atoms with Crippen LogP contribution in [0.3, 0.4) is 0 Å². The highest BCUT2D eigenvalue weighted by Crippen LogP contribution is 2.57. The van der Waals surface area contributed by atoms with Crippen molar-refractivity contribution in [2.75, 3.05) is 51.1 Å². The highest BCUT2D eigenvalue weighted by Gasteiger charge is 2.57. The first-order chi connectivity index (χ1) is 21.4. The van der Waals surface area contributed by atoms with E-state index in [9.17, 15) is 22.8 Å². The number of carbonyl (C=O) groups excluding carboxylic acids is 2. The Labute approximate surface area is 256 Å². The fourth-order valence-corrected chi connectivity index (χ4v) is 6.47. The lowest BCUT2D eigenvalue weighted by Crippen LogP contribution is -2.45. The number of fused-ring (bicyclic) bond motifs is 2. The number of nitrogens with zero attached hydrogens (tertiary/aromatic N) is 5. The molecule has 4 aliphatic rings. The molecule has 2 spiro atoms. The maximum atomic E-state index is 14.0. The second kappa shape index (κ2) is 10.2. The highest BCUT2D eigenvalue weighted by atomic mass is 19.4. The number of benzene rings is 2. The second-order valence-corrected chi connectivity index (χ2v) is 12.0. The third kappa shape index (κ3) is 4.87. The lowest BCUT2D eigenvalue weighted by atomic mass is 9.91. The van der Waals surface area contributed by atoms with Crippen molar-refractivity contribution in [3.8, 4) is 17.4 Å². The van der Waals surface area contributed by atoms with Crippen LogP contribution in [0.1, 0.15) is 47.2 Å². The quantitative estimate of drug-likeness (QED) is 0.378. The molecule has 3 aromatic rings. The predicted molar refractivity (Wildman–Crippen MR) is 156 cm³/mol. The van der Waals surface area contributed by atoms with Crippen LogP contribution in [0.2, 0.25) is 0 Å². The van der Waals surface area contributed by atoms with Gasteiger partial charge in [-0.15, -0.1) is 0 Å². The van der Waals surface area contributed by atoms with Crippen molar-refractivity contribution in [2.24, 2.45) is 0 Å². The molecule has 1 aliphatic carbocycles. The summed E-state index contributed by atoms with van der Waals surface area (Å²) >= 11 is 0. The summed E-state index contributed by atoms with van der Waals surface area (Å²) in [7, 11) is 5.15. The van der Waals surface area contributed by atoms with E-state index in [1.54, 1.807) is 47.2 Å². The minimum absolute atomic E-state index is 0.00918. The van der Waals surface area contributed by atoms with E-state index in [4.69, 9.17) is 14.2 Å². The molecule has 3 fully saturated rings. The first-order valence-corrected chi connectivity index (χ1v) is 14.6. The molecule has 2 amide bonds. The summed E-state index contributed by atoms with van der Waals surface area (Å²) in [4.78, 5) is 39.3. The van der Waals surface area contributed by atoms with Crippen LogP contribution in [0.15, 0.2) is 42.6 Å². The third-order valence-electron chi connectivity index (χ3n) is 9.29. The zero-order valence-corrected chi connectivity index (χ0v) is 24.9. The third-order valence-corrected chi connectivity index (χ3v) is 9.29. The molecular formula is C31H31F3N6O5. The van der Waals surface area contributed by atoms with Gasteiger partial charge in [0.25, 0.3) is 5.91 Å². The van der Waals surface area contributed by atoms with Gasteiger partial charge in [-0.1, -0.05) is 12.1 Å². The standard InChI is InChI=1S/C31H31F3N6O5/c1-38-13-11-29(12-14-38)17-40(28(42)45-29)18-7-8-21(23(15-18)43-3)36-27-35-16-20(31(32,33)34)25(37-27)44-22-6-4-5-19-24(22)26(41)39(2)30(19)9-10-30/h4-8,15-16H,9-14,17H2,1-3H3,(H,35,36,37). The number of rotatable bonds is 6. The molecule has 236 valence electrons. The van der Waals surface area contributed by atoms with E-state index in [1.807, 2.05) is 7.05 Å². The van der Waals surface area contributed by atoms with Crippen LogP contribution >= 0.6 is 0 Å². The molecule has 0 bridgehead atoms. The Hall–Kier alpha value is -4.59. The largest absolute Gasteiger partial charge is 0.494 e. The van der Waals surface area contributed by atoms with E-state index in [1.165, 1.54) is 13.2 Å². The van der Waals surface area contributed by atoms with Crippen LogP contribution in [-0.4, -0.2) is 78.2 Å². The Morgan fingerprint density at radius 2 is 1.78 bits per heavy atom. The molecule has 14 heteroatoms. The van der Waals surface area contributed by atoms with E-state index in [0.717, 1.165) is 44.3 Å².